The van der Waals surface area contributed by atoms with Gasteiger partial charge in [-0.1, -0.05) is 36.4 Å². The molecule has 188 valence electrons. The second-order valence-electron chi connectivity index (χ2n) is 9.15. The number of hydrogen-bond acceptors (Lipinski definition) is 7. The van der Waals surface area contributed by atoms with Gasteiger partial charge in [0.2, 0.25) is 5.91 Å². The van der Waals surface area contributed by atoms with Gasteiger partial charge in [-0.2, -0.15) is 4.68 Å². The van der Waals surface area contributed by atoms with Crippen molar-refractivity contribution in [1.82, 2.24) is 30.0 Å². The number of nitrogens with zero attached hydrogens (tertiary/aromatic N) is 6. The Morgan fingerprint density at radius 2 is 1.57 bits per heavy atom. The van der Waals surface area contributed by atoms with Gasteiger partial charge in [-0.15, -0.1) is 5.10 Å². The second kappa shape index (κ2) is 10.0. The van der Waals surface area contributed by atoms with Gasteiger partial charge in [0.15, 0.2) is 5.82 Å². The molecule has 2 aliphatic heterocycles. The van der Waals surface area contributed by atoms with Crippen molar-refractivity contribution in [3.63, 3.8) is 0 Å². The Labute approximate surface area is 215 Å². The van der Waals surface area contributed by atoms with Crippen molar-refractivity contribution < 1.29 is 14.3 Å². The van der Waals surface area contributed by atoms with E-state index in [1.807, 2.05) is 84.6 Å². The van der Waals surface area contributed by atoms with Crippen LogP contribution in [0.25, 0.3) is 5.69 Å². The predicted molar refractivity (Wildman–Crippen MR) is 137 cm³/mol. The zero-order valence-corrected chi connectivity index (χ0v) is 20.7. The van der Waals surface area contributed by atoms with Crippen LogP contribution in [0.1, 0.15) is 29.8 Å². The third kappa shape index (κ3) is 4.53. The number of amides is 1. The van der Waals surface area contributed by atoms with Crippen molar-refractivity contribution in [2.24, 2.45) is 0 Å². The zero-order valence-electron chi connectivity index (χ0n) is 20.7. The maximum Gasteiger partial charge on any atom is 0.234 e. The van der Waals surface area contributed by atoms with Gasteiger partial charge in [0.05, 0.1) is 24.8 Å². The van der Waals surface area contributed by atoms with Crippen molar-refractivity contribution in [2.45, 2.75) is 19.4 Å². The van der Waals surface area contributed by atoms with Crippen LogP contribution in [0, 0.1) is 0 Å². The lowest BCUT2D eigenvalue weighted by molar-refractivity contribution is -0.133. The van der Waals surface area contributed by atoms with Gasteiger partial charge in [0.25, 0.3) is 0 Å². The van der Waals surface area contributed by atoms with E-state index in [9.17, 15) is 4.79 Å². The SMILES string of the molecule is CCOc1ccc(-n2nnnc2CN2CCN(C(=O)C3c4ccccc4Oc4ccccc43)CC2)cc1. The molecular formula is C28H28N6O3. The van der Waals surface area contributed by atoms with Crippen LogP contribution in [0.5, 0.6) is 17.2 Å². The number of ether oxygens (including phenoxy) is 2. The van der Waals surface area contributed by atoms with Crippen LogP contribution in [0.2, 0.25) is 0 Å². The van der Waals surface area contributed by atoms with E-state index in [1.165, 1.54) is 0 Å². The maximum absolute atomic E-state index is 13.8. The van der Waals surface area contributed by atoms with E-state index < -0.39 is 0 Å². The predicted octanol–water partition coefficient (Wildman–Crippen LogP) is 3.64. The summed E-state index contributed by atoms with van der Waals surface area (Å²) in [5, 5.41) is 12.3. The highest BCUT2D eigenvalue weighted by Gasteiger charge is 2.36. The van der Waals surface area contributed by atoms with Crippen molar-refractivity contribution in [3.05, 3.63) is 89.7 Å². The Kier molecular flexibility index (Phi) is 6.28. The Morgan fingerprint density at radius 1 is 0.919 bits per heavy atom. The summed E-state index contributed by atoms with van der Waals surface area (Å²) >= 11 is 0. The number of rotatable bonds is 6. The molecule has 0 bridgehead atoms. The summed E-state index contributed by atoms with van der Waals surface area (Å²) < 4.78 is 13.4. The smallest absolute Gasteiger partial charge is 0.234 e. The molecule has 1 saturated heterocycles. The van der Waals surface area contributed by atoms with Crippen molar-refractivity contribution in [1.29, 1.82) is 0 Å². The Balaban J connectivity index is 1.14. The number of benzene rings is 3. The second-order valence-corrected chi connectivity index (χ2v) is 9.15. The molecule has 6 rings (SSSR count). The van der Waals surface area contributed by atoms with Crippen LogP contribution in [0.15, 0.2) is 72.8 Å². The van der Waals surface area contributed by atoms with Crippen LogP contribution in [-0.2, 0) is 11.3 Å². The summed E-state index contributed by atoms with van der Waals surface area (Å²) in [5.74, 6) is 2.83. The minimum Gasteiger partial charge on any atom is -0.494 e. The fourth-order valence-electron chi connectivity index (χ4n) is 5.04. The van der Waals surface area contributed by atoms with E-state index in [0.717, 1.165) is 53.0 Å². The normalized spacial score (nSPS) is 15.5. The van der Waals surface area contributed by atoms with E-state index >= 15 is 0 Å². The molecule has 9 nitrogen and oxygen atoms in total. The van der Waals surface area contributed by atoms with E-state index in [0.29, 0.717) is 26.2 Å². The molecule has 1 fully saturated rings. The third-order valence-electron chi connectivity index (χ3n) is 6.90. The fraction of sp³-hybridized carbons (Fsp3) is 0.286. The minimum atomic E-state index is -0.361. The van der Waals surface area contributed by atoms with Gasteiger partial charge < -0.3 is 14.4 Å². The molecule has 4 aromatic rings. The zero-order chi connectivity index (χ0) is 25.2. The van der Waals surface area contributed by atoms with Crippen LogP contribution >= 0.6 is 0 Å². The fourth-order valence-corrected chi connectivity index (χ4v) is 5.04. The lowest BCUT2D eigenvalue weighted by Gasteiger charge is -2.37. The van der Waals surface area contributed by atoms with E-state index in [-0.39, 0.29) is 11.8 Å². The Bertz CT molecular complexity index is 1350. The molecule has 9 heteroatoms. The topological polar surface area (TPSA) is 85.6 Å². The highest BCUT2D eigenvalue weighted by Crippen LogP contribution is 2.44. The Hall–Kier alpha value is -4.24. The van der Waals surface area contributed by atoms with E-state index in [1.54, 1.807) is 4.68 Å². The lowest BCUT2D eigenvalue weighted by Crippen LogP contribution is -2.50. The van der Waals surface area contributed by atoms with Crippen molar-refractivity contribution in [3.8, 4) is 22.9 Å². The first-order chi connectivity index (χ1) is 18.2. The minimum absolute atomic E-state index is 0.113. The van der Waals surface area contributed by atoms with Crippen LogP contribution in [0.3, 0.4) is 0 Å². The molecule has 3 heterocycles. The van der Waals surface area contributed by atoms with E-state index in [2.05, 4.69) is 20.4 Å². The number of aromatic nitrogens is 4. The number of hydrogen-bond donors (Lipinski definition) is 0. The van der Waals surface area contributed by atoms with Gasteiger partial charge in [-0.25, -0.2) is 0 Å². The number of fused-ring (bicyclic) bond motifs is 2. The van der Waals surface area contributed by atoms with Crippen LogP contribution < -0.4 is 9.47 Å². The summed E-state index contributed by atoms with van der Waals surface area (Å²) in [5.41, 5.74) is 2.72. The highest BCUT2D eigenvalue weighted by atomic mass is 16.5. The monoisotopic (exact) mass is 496 g/mol. The molecule has 3 aromatic carbocycles. The Morgan fingerprint density at radius 3 is 2.22 bits per heavy atom. The van der Waals surface area contributed by atoms with Gasteiger partial charge in [-0.3, -0.25) is 9.69 Å². The highest BCUT2D eigenvalue weighted by molar-refractivity contribution is 5.89. The molecular weight excluding hydrogens is 468 g/mol. The number of piperazine rings is 1. The first-order valence-electron chi connectivity index (χ1n) is 12.6. The summed E-state index contributed by atoms with van der Waals surface area (Å²) in [6, 6.07) is 23.4. The summed E-state index contributed by atoms with van der Waals surface area (Å²) in [7, 11) is 0. The largest absolute Gasteiger partial charge is 0.494 e. The molecule has 2 aliphatic rings. The molecule has 0 unspecified atom stereocenters. The number of tetrazole rings is 1. The number of para-hydroxylation sites is 2. The first-order valence-corrected chi connectivity index (χ1v) is 12.6. The van der Waals surface area contributed by atoms with Gasteiger partial charge >= 0.3 is 0 Å². The molecule has 0 aliphatic carbocycles. The summed E-state index contributed by atoms with van der Waals surface area (Å²) in [6.07, 6.45) is 0. The molecule has 0 radical (unpaired) electrons. The standard InChI is InChI=1S/C28H28N6O3/c1-2-36-21-13-11-20(12-14-21)34-26(29-30-31-34)19-32-15-17-33(18-16-32)28(35)27-22-7-3-5-9-24(22)37-25-10-6-4-8-23(25)27/h3-14,27H,2,15-19H2,1H3. The molecule has 0 spiro atoms. The average Bonchev–Trinajstić information content (AvgIpc) is 3.40. The van der Waals surface area contributed by atoms with Gasteiger partial charge in [-0.05, 0) is 53.7 Å². The van der Waals surface area contributed by atoms with Crippen LogP contribution in [-0.4, -0.2) is 68.7 Å². The van der Waals surface area contributed by atoms with Gasteiger partial charge in [0.1, 0.15) is 17.2 Å². The number of carbonyl (C=O) groups excluding carboxylic acids is 1. The average molecular weight is 497 g/mol. The van der Waals surface area contributed by atoms with Crippen molar-refractivity contribution in [2.75, 3.05) is 32.8 Å². The summed E-state index contributed by atoms with van der Waals surface area (Å²) in [4.78, 5) is 18.1. The lowest BCUT2D eigenvalue weighted by atomic mass is 9.86. The molecule has 0 N–H and O–H groups in total. The van der Waals surface area contributed by atoms with Crippen molar-refractivity contribution >= 4 is 5.91 Å². The first kappa shape index (κ1) is 23.2. The van der Waals surface area contributed by atoms with E-state index in [4.69, 9.17) is 9.47 Å². The summed E-state index contributed by atoms with van der Waals surface area (Å²) in [6.45, 7) is 5.96. The molecule has 0 atom stereocenters. The number of carbonyl (C=O) groups is 1. The maximum atomic E-state index is 13.8. The molecule has 37 heavy (non-hydrogen) atoms. The molecule has 1 aromatic heterocycles. The third-order valence-corrected chi connectivity index (χ3v) is 6.90. The molecule has 1 amide bonds. The van der Waals surface area contributed by atoms with Crippen LogP contribution in [0.4, 0.5) is 0 Å². The molecule has 0 saturated carbocycles. The van der Waals surface area contributed by atoms with Gasteiger partial charge in [0, 0.05) is 37.3 Å². The quantitative estimate of drug-likeness (QED) is 0.403.